The van der Waals surface area contributed by atoms with Crippen molar-refractivity contribution in [3.8, 4) is 0 Å². The third-order valence-corrected chi connectivity index (χ3v) is 5.61. The maximum Gasteiger partial charge on any atom is 0.321 e. The molecule has 3 rings (SSSR count). The summed E-state index contributed by atoms with van der Waals surface area (Å²) in [5.41, 5.74) is 1.68. The van der Waals surface area contributed by atoms with Crippen molar-refractivity contribution in [3.63, 3.8) is 0 Å². The summed E-state index contributed by atoms with van der Waals surface area (Å²) in [7, 11) is 2.16. The molecule has 1 aromatic carbocycles. The van der Waals surface area contributed by atoms with E-state index in [0.29, 0.717) is 24.2 Å². The second-order valence-corrected chi connectivity index (χ2v) is 7.94. The lowest BCUT2D eigenvalue weighted by atomic mass is 10.1. The maximum atomic E-state index is 12.8. The van der Waals surface area contributed by atoms with Crippen LogP contribution in [0.2, 0.25) is 5.02 Å². The Labute approximate surface area is 167 Å². The van der Waals surface area contributed by atoms with Gasteiger partial charge in [-0.15, -0.1) is 0 Å². The standard InChI is InChI=1S/C20H31ClN4O2/c1-3-8-23(2)14-16-7-9-25(15-16)20(26)22-18-6-4-5-17(21)19(18)24-10-12-27-13-11-24/h4-6,16H,3,7-15H2,1-2H3,(H,22,26). The normalized spacial score (nSPS) is 20.4. The van der Waals surface area contributed by atoms with Crippen LogP contribution >= 0.6 is 11.6 Å². The van der Waals surface area contributed by atoms with Crippen LogP contribution in [0, 0.1) is 5.92 Å². The van der Waals surface area contributed by atoms with Crippen molar-refractivity contribution < 1.29 is 9.53 Å². The number of rotatable bonds is 6. The molecule has 1 atom stereocenters. The highest BCUT2D eigenvalue weighted by Crippen LogP contribution is 2.34. The number of anilines is 2. The van der Waals surface area contributed by atoms with E-state index in [1.807, 2.05) is 23.1 Å². The van der Waals surface area contributed by atoms with E-state index < -0.39 is 0 Å². The van der Waals surface area contributed by atoms with Gasteiger partial charge >= 0.3 is 6.03 Å². The van der Waals surface area contributed by atoms with Gasteiger partial charge in [-0.3, -0.25) is 0 Å². The topological polar surface area (TPSA) is 48.0 Å². The Bertz CT molecular complexity index is 636. The molecule has 0 bridgehead atoms. The number of benzene rings is 1. The number of carbonyl (C=O) groups is 1. The fraction of sp³-hybridized carbons (Fsp3) is 0.650. The lowest BCUT2D eigenvalue weighted by Crippen LogP contribution is -2.38. The van der Waals surface area contributed by atoms with Crippen LogP contribution in [0.25, 0.3) is 0 Å². The summed E-state index contributed by atoms with van der Waals surface area (Å²) in [6, 6.07) is 5.65. The maximum absolute atomic E-state index is 12.8. The van der Waals surface area contributed by atoms with Crippen molar-refractivity contribution in [2.75, 3.05) is 69.7 Å². The molecular formula is C20H31ClN4O2. The fourth-order valence-electron chi connectivity index (χ4n) is 4.00. The molecule has 1 unspecified atom stereocenters. The lowest BCUT2D eigenvalue weighted by molar-refractivity contribution is 0.123. The molecular weight excluding hydrogens is 364 g/mol. The first kappa shape index (κ1) is 20.2. The van der Waals surface area contributed by atoms with Crippen LogP contribution in [0.5, 0.6) is 0 Å². The van der Waals surface area contributed by atoms with Crippen LogP contribution in [0.15, 0.2) is 18.2 Å². The van der Waals surface area contributed by atoms with Gasteiger partial charge in [-0.2, -0.15) is 0 Å². The summed E-state index contributed by atoms with van der Waals surface area (Å²) in [5, 5.41) is 3.76. The highest BCUT2D eigenvalue weighted by molar-refractivity contribution is 6.34. The second kappa shape index (κ2) is 9.62. The van der Waals surface area contributed by atoms with E-state index in [1.165, 1.54) is 0 Å². The summed E-state index contributed by atoms with van der Waals surface area (Å²) in [6.45, 7) is 8.89. The number of likely N-dealkylation sites (tertiary alicyclic amines) is 1. The molecule has 0 aliphatic carbocycles. The third kappa shape index (κ3) is 5.27. The summed E-state index contributed by atoms with van der Waals surface area (Å²) >= 11 is 6.46. The van der Waals surface area contributed by atoms with E-state index in [1.54, 1.807) is 0 Å². The van der Waals surface area contributed by atoms with Crippen LogP contribution in [0.3, 0.4) is 0 Å². The molecule has 2 aliphatic heterocycles. The highest BCUT2D eigenvalue weighted by Gasteiger charge is 2.28. The molecule has 2 heterocycles. The number of hydrogen-bond acceptors (Lipinski definition) is 4. The number of amides is 2. The predicted molar refractivity (Wildman–Crippen MR) is 111 cm³/mol. The predicted octanol–water partition coefficient (Wildman–Crippen LogP) is 3.37. The number of nitrogens with zero attached hydrogens (tertiary/aromatic N) is 3. The molecule has 0 radical (unpaired) electrons. The zero-order valence-electron chi connectivity index (χ0n) is 16.4. The Balaban J connectivity index is 1.62. The van der Waals surface area contributed by atoms with Crippen LogP contribution < -0.4 is 10.2 Å². The van der Waals surface area contributed by atoms with Crippen LogP contribution in [-0.2, 0) is 4.74 Å². The Morgan fingerprint density at radius 1 is 1.33 bits per heavy atom. The summed E-state index contributed by atoms with van der Waals surface area (Å²) in [4.78, 5) is 19.3. The monoisotopic (exact) mass is 394 g/mol. The summed E-state index contributed by atoms with van der Waals surface area (Å²) in [6.07, 6.45) is 2.22. The van der Waals surface area contributed by atoms with Crippen LogP contribution in [0.4, 0.5) is 16.2 Å². The van der Waals surface area contributed by atoms with Gasteiger partial charge in [0.1, 0.15) is 0 Å². The number of carbonyl (C=O) groups excluding carboxylic acids is 1. The second-order valence-electron chi connectivity index (χ2n) is 7.53. The number of hydrogen-bond donors (Lipinski definition) is 1. The van der Waals surface area contributed by atoms with Gasteiger partial charge in [0, 0.05) is 32.7 Å². The van der Waals surface area contributed by atoms with Crippen molar-refractivity contribution in [3.05, 3.63) is 23.2 Å². The molecule has 1 aromatic rings. The van der Waals surface area contributed by atoms with E-state index in [2.05, 4.69) is 29.1 Å². The first-order valence-corrected chi connectivity index (χ1v) is 10.3. The van der Waals surface area contributed by atoms with Gasteiger partial charge in [0.15, 0.2) is 0 Å². The summed E-state index contributed by atoms with van der Waals surface area (Å²) in [5.74, 6) is 0.547. The molecule has 6 nitrogen and oxygen atoms in total. The van der Waals surface area contributed by atoms with Gasteiger partial charge in [-0.1, -0.05) is 24.6 Å². The van der Waals surface area contributed by atoms with E-state index >= 15 is 0 Å². The SMILES string of the molecule is CCCN(C)CC1CCN(C(=O)Nc2cccc(Cl)c2N2CCOCC2)C1. The Morgan fingerprint density at radius 2 is 2.11 bits per heavy atom. The number of para-hydroxylation sites is 1. The average molecular weight is 395 g/mol. The molecule has 150 valence electrons. The molecule has 2 fully saturated rings. The van der Waals surface area contributed by atoms with Gasteiger partial charge in [0.2, 0.25) is 0 Å². The number of ether oxygens (including phenoxy) is 1. The molecule has 2 saturated heterocycles. The largest absolute Gasteiger partial charge is 0.378 e. The molecule has 27 heavy (non-hydrogen) atoms. The first-order valence-electron chi connectivity index (χ1n) is 9.94. The lowest BCUT2D eigenvalue weighted by Gasteiger charge is -2.31. The van der Waals surface area contributed by atoms with E-state index in [4.69, 9.17) is 16.3 Å². The average Bonchev–Trinajstić information content (AvgIpc) is 3.11. The summed E-state index contributed by atoms with van der Waals surface area (Å²) < 4.78 is 5.44. The zero-order chi connectivity index (χ0) is 19.2. The first-order chi connectivity index (χ1) is 13.1. The third-order valence-electron chi connectivity index (χ3n) is 5.30. The molecule has 0 aromatic heterocycles. The Hall–Kier alpha value is -1.50. The van der Waals surface area contributed by atoms with Gasteiger partial charge in [0.05, 0.1) is 29.6 Å². The zero-order valence-corrected chi connectivity index (χ0v) is 17.2. The molecule has 0 saturated carbocycles. The van der Waals surface area contributed by atoms with Crippen molar-refractivity contribution in [2.45, 2.75) is 19.8 Å². The van der Waals surface area contributed by atoms with E-state index in [-0.39, 0.29) is 6.03 Å². The van der Waals surface area contributed by atoms with Crippen molar-refractivity contribution in [1.29, 1.82) is 0 Å². The number of halogens is 1. The van der Waals surface area contributed by atoms with Crippen LogP contribution in [-0.4, -0.2) is 75.4 Å². The number of morpholine rings is 1. The molecule has 2 aliphatic rings. The Morgan fingerprint density at radius 3 is 2.85 bits per heavy atom. The van der Waals surface area contributed by atoms with Gasteiger partial charge < -0.3 is 24.8 Å². The minimum absolute atomic E-state index is 0.0348. The van der Waals surface area contributed by atoms with Crippen molar-refractivity contribution in [2.24, 2.45) is 5.92 Å². The molecule has 1 N–H and O–H groups in total. The minimum atomic E-state index is -0.0348. The van der Waals surface area contributed by atoms with E-state index in [9.17, 15) is 4.79 Å². The molecule has 2 amide bonds. The molecule has 0 spiro atoms. The van der Waals surface area contributed by atoms with Gasteiger partial charge in [-0.25, -0.2) is 4.79 Å². The number of nitrogens with one attached hydrogen (secondary N) is 1. The number of urea groups is 1. The van der Waals surface area contributed by atoms with Crippen molar-refractivity contribution in [1.82, 2.24) is 9.80 Å². The molecule has 7 heteroatoms. The smallest absolute Gasteiger partial charge is 0.321 e. The fourth-order valence-corrected chi connectivity index (χ4v) is 4.29. The van der Waals surface area contributed by atoms with E-state index in [0.717, 1.165) is 63.5 Å². The quantitative estimate of drug-likeness (QED) is 0.803. The van der Waals surface area contributed by atoms with Gasteiger partial charge in [0.25, 0.3) is 0 Å². The van der Waals surface area contributed by atoms with Crippen molar-refractivity contribution >= 4 is 29.0 Å². The van der Waals surface area contributed by atoms with Crippen LogP contribution in [0.1, 0.15) is 19.8 Å². The Kier molecular flexibility index (Phi) is 7.21. The van der Waals surface area contributed by atoms with Gasteiger partial charge in [-0.05, 0) is 44.5 Å². The minimum Gasteiger partial charge on any atom is -0.378 e. The highest BCUT2D eigenvalue weighted by atomic mass is 35.5.